The van der Waals surface area contributed by atoms with Crippen molar-refractivity contribution in [2.24, 2.45) is 0 Å². The van der Waals surface area contributed by atoms with Crippen molar-refractivity contribution in [2.45, 2.75) is 19.4 Å². The molecule has 1 unspecified atom stereocenters. The zero-order valence-corrected chi connectivity index (χ0v) is 12.1. The van der Waals surface area contributed by atoms with Crippen molar-refractivity contribution in [1.82, 2.24) is 0 Å². The second-order valence-electron chi connectivity index (χ2n) is 4.64. The predicted octanol–water partition coefficient (Wildman–Crippen LogP) is 4.07. The first-order valence-electron chi connectivity index (χ1n) is 6.28. The highest BCUT2D eigenvalue weighted by atomic mass is 35.5. The molecular formula is C16H16ClFO2. The van der Waals surface area contributed by atoms with Gasteiger partial charge < -0.3 is 9.84 Å². The summed E-state index contributed by atoms with van der Waals surface area (Å²) in [6.45, 7) is 1.88. The first-order valence-corrected chi connectivity index (χ1v) is 6.66. The number of ether oxygens (including phenoxy) is 1. The van der Waals surface area contributed by atoms with Gasteiger partial charge in [-0.2, -0.15) is 0 Å². The van der Waals surface area contributed by atoms with Gasteiger partial charge in [-0.25, -0.2) is 4.39 Å². The summed E-state index contributed by atoms with van der Waals surface area (Å²) >= 11 is 5.98. The van der Waals surface area contributed by atoms with Crippen LogP contribution in [0.3, 0.4) is 0 Å². The van der Waals surface area contributed by atoms with Crippen LogP contribution in [0.2, 0.25) is 5.02 Å². The summed E-state index contributed by atoms with van der Waals surface area (Å²) in [5.74, 6) is 0.324. The summed E-state index contributed by atoms with van der Waals surface area (Å²) in [7, 11) is 1.59. The topological polar surface area (TPSA) is 29.5 Å². The lowest BCUT2D eigenvalue weighted by Gasteiger charge is -2.16. The monoisotopic (exact) mass is 294 g/mol. The van der Waals surface area contributed by atoms with Crippen molar-refractivity contribution in [3.63, 3.8) is 0 Å². The molecule has 0 aliphatic heterocycles. The quantitative estimate of drug-likeness (QED) is 0.921. The van der Waals surface area contributed by atoms with Gasteiger partial charge in [-0.15, -0.1) is 0 Å². The summed E-state index contributed by atoms with van der Waals surface area (Å²) in [5, 5.41) is 10.6. The van der Waals surface area contributed by atoms with Gasteiger partial charge in [-0.05, 0) is 42.3 Å². The van der Waals surface area contributed by atoms with Crippen LogP contribution >= 0.6 is 11.6 Å². The average Bonchev–Trinajstić information content (AvgIpc) is 2.42. The van der Waals surface area contributed by atoms with E-state index in [2.05, 4.69) is 0 Å². The second kappa shape index (κ2) is 6.25. The molecule has 0 amide bonds. The molecule has 4 heteroatoms. The Morgan fingerprint density at radius 3 is 2.65 bits per heavy atom. The molecule has 0 radical (unpaired) electrons. The van der Waals surface area contributed by atoms with Gasteiger partial charge in [0.1, 0.15) is 11.6 Å². The van der Waals surface area contributed by atoms with Crippen molar-refractivity contribution < 1.29 is 14.2 Å². The Hall–Kier alpha value is -1.58. The molecule has 2 rings (SSSR count). The van der Waals surface area contributed by atoms with Crippen molar-refractivity contribution in [3.05, 3.63) is 63.9 Å². The van der Waals surface area contributed by atoms with Crippen molar-refractivity contribution in [2.75, 3.05) is 7.11 Å². The van der Waals surface area contributed by atoms with Crippen LogP contribution in [-0.2, 0) is 6.42 Å². The normalized spacial score (nSPS) is 12.2. The van der Waals surface area contributed by atoms with Gasteiger partial charge in [0.25, 0.3) is 0 Å². The van der Waals surface area contributed by atoms with Gasteiger partial charge >= 0.3 is 0 Å². The van der Waals surface area contributed by atoms with Crippen LogP contribution < -0.4 is 4.74 Å². The smallest absolute Gasteiger partial charge is 0.127 e. The van der Waals surface area contributed by atoms with E-state index in [-0.39, 0.29) is 6.42 Å². The summed E-state index contributed by atoms with van der Waals surface area (Å²) in [6, 6.07) is 9.90. The minimum atomic E-state index is -0.810. The Morgan fingerprint density at radius 1 is 1.30 bits per heavy atom. The van der Waals surface area contributed by atoms with E-state index in [1.54, 1.807) is 31.4 Å². The molecule has 20 heavy (non-hydrogen) atoms. The molecule has 2 aromatic carbocycles. The number of aryl methyl sites for hydroxylation is 1. The molecule has 0 heterocycles. The standard InChI is InChI=1S/C16H16ClFO2/c1-10-8-11(20-2)6-7-12(10)16(19)9-13-14(17)4-3-5-15(13)18/h3-8,16,19H,9H2,1-2H3. The summed E-state index contributed by atoms with van der Waals surface area (Å²) in [5.41, 5.74) is 1.96. The Labute approximate surface area is 122 Å². The van der Waals surface area contributed by atoms with Crippen molar-refractivity contribution in [3.8, 4) is 5.75 Å². The van der Waals surface area contributed by atoms with Gasteiger partial charge in [0.15, 0.2) is 0 Å². The molecule has 0 aliphatic carbocycles. The summed E-state index contributed by atoms with van der Waals surface area (Å²) in [6.07, 6.45) is -0.672. The Morgan fingerprint density at radius 2 is 2.05 bits per heavy atom. The third kappa shape index (κ3) is 3.11. The van der Waals surface area contributed by atoms with E-state index in [0.29, 0.717) is 10.6 Å². The molecule has 0 saturated carbocycles. The lowest BCUT2D eigenvalue weighted by Crippen LogP contribution is -2.06. The van der Waals surface area contributed by atoms with Gasteiger partial charge in [-0.1, -0.05) is 23.7 Å². The van der Waals surface area contributed by atoms with Gasteiger partial charge in [0.2, 0.25) is 0 Å². The fourth-order valence-electron chi connectivity index (χ4n) is 2.18. The van der Waals surface area contributed by atoms with Gasteiger partial charge in [0, 0.05) is 17.0 Å². The molecule has 0 bridgehead atoms. The lowest BCUT2D eigenvalue weighted by molar-refractivity contribution is 0.176. The van der Waals surface area contributed by atoms with E-state index >= 15 is 0 Å². The van der Waals surface area contributed by atoms with E-state index in [1.165, 1.54) is 6.07 Å². The maximum atomic E-state index is 13.7. The molecular weight excluding hydrogens is 279 g/mol. The highest BCUT2D eigenvalue weighted by Crippen LogP contribution is 2.28. The molecule has 0 saturated heterocycles. The molecule has 2 nitrogen and oxygen atoms in total. The molecule has 0 aliphatic rings. The minimum absolute atomic E-state index is 0.138. The predicted molar refractivity (Wildman–Crippen MR) is 77.8 cm³/mol. The van der Waals surface area contributed by atoms with Gasteiger partial charge in [-0.3, -0.25) is 0 Å². The molecule has 0 fully saturated rings. The van der Waals surface area contributed by atoms with Crippen LogP contribution in [0.1, 0.15) is 22.8 Å². The number of hydrogen-bond acceptors (Lipinski definition) is 2. The van der Waals surface area contributed by atoms with Crippen molar-refractivity contribution in [1.29, 1.82) is 0 Å². The molecule has 2 aromatic rings. The molecule has 106 valence electrons. The van der Waals surface area contributed by atoms with Gasteiger partial charge in [0.05, 0.1) is 13.2 Å². The number of aliphatic hydroxyl groups excluding tert-OH is 1. The van der Waals surface area contributed by atoms with E-state index in [1.807, 2.05) is 13.0 Å². The molecule has 1 N–H and O–H groups in total. The largest absolute Gasteiger partial charge is 0.497 e. The number of benzene rings is 2. The van der Waals surface area contributed by atoms with Crippen LogP contribution in [0, 0.1) is 12.7 Å². The number of halogens is 2. The molecule has 0 spiro atoms. The second-order valence-corrected chi connectivity index (χ2v) is 5.05. The highest BCUT2D eigenvalue weighted by Gasteiger charge is 2.16. The summed E-state index contributed by atoms with van der Waals surface area (Å²) in [4.78, 5) is 0. The zero-order chi connectivity index (χ0) is 14.7. The maximum absolute atomic E-state index is 13.7. The Bertz CT molecular complexity index is 593. The lowest BCUT2D eigenvalue weighted by atomic mass is 9.97. The molecule has 0 aromatic heterocycles. The third-order valence-corrected chi connectivity index (χ3v) is 3.65. The fraction of sp³-hybridized carbons (Fsp3) is 0.250. The minimum Gasteiger partial charge on any atom is -0.497 e. The summed E-state index contributed by atoms with van der Waals surface area (Å²) < 4.78 is 18.9. The first-order chi connectivity index (χ1) is 9.52. The number of methoxy groups -OCH3 is 1. The van der Waals surface area contributed by atoms with Crippen LogP contribution in [0.25, 0.3) is 0 Å². The third-order valence-electron chi connectivity index (χ3n) is 3.30. The Balaban J connectivity index is 2.26. The van der Waals surface area contributed by atoms with E-state index in [4.69, 9.17) is 16.3 Å². The van der Waals surface area contributed by atoms with Crippen LogP contribution in [-0.4, -0.2) is 12.2 Å². The van der Waals surface area contributed by atoms with Crippen molar-refractivity contribution >= 4 is 11.6 Å². The zero-order valence-electron chi connectivity index (χ0n) is 11.4. The molecule has 1 atom stereocenters. The number of rotatable bonds is 4. The maximum Gasteiger partial charge on any atom is 0.127 e. The number of hydrogen-bond donors (Lipinski definition) is 1. The SMILES string of the molecule is COc1ccc(C(O)Cc2c(F)cccc2Cl)c(C)c1. The van der Waals surface area contributed by atoms with Crippen LogP contribution in [0.4, 0.5) is 4.39 Å². The van der Waals surface area contributed by atoms with E-state index in [0.717, 1.165) is 16.9 Å². The fourth-order valence-corrected chi connectivity index (χ4v) is 2.42. The van der Waals surface area contributed by atoms with Crippen LogP contribution in [0.15, 0.2) is 36.4 Å². The highest BCUT2D eigenvalue weighted by molar-refractivity contribution is 6.31. The van der Waals surface area contributed by atoms with Crippen LogP contribution in [0.5, 0.6) is 5.75 Å². The Kier molecular flexibility index (Phi) is 4.63. The average molecular weight is 295 g/mol. The number of aliphatic hydroxyl groups is 1. The van der Waals surface area contributed by atoms with E-state index in [9.17, 15) is 9.50 Å². The van der Waals surface area contributed by atoms with E-state index < -0.39 is 11.9 Å². The first kappa shape index (κ1) is 14.8.